The molecule has 0 unspecified atom stereocenters. The zero-order chi connectivity index (χ0) is 15.5. The van der Waals surface area contributed by atoms with Gasteiger partial charge in [-0.2, -0.15) is 0 Å². The highest BCUT2D eigenvalue weighted by Crippen LogP contribution is 2.40. The minimum Gasteiger partial charge on any atom is -0.326 e. The smallest absolute Gasteiger partial charge is 0.326 e. The molecule has 1 aliphatic heterocycles. The molecule has 122 valence electrons. The maximum atomic E-state index is 12.0. The number of hydrogen-bond acceptors (Lipinski definition) is 4. The van der Waals surface area contributed by atoms with E-state index in [1.807, 2.05) is 7.05 Å². The van der Waals surface area contributed by atoms with Crippen LogP contribution >= 0.6 is 11.3 Å². The third kappa shape index (κ3) is 3.26. The SMILES string of the molecule is CCCCC1CCC(c2nnc(N3CCN(C)C3=O)s2)CC1. The first-order chi connectivity index (χ1) is 10.7. The summed E-state index contributed by atoms with van der Waals surface area (Å²) in [5.41, 5.74) is 0. The molecule has 0 N–H and O–H groups in total. The zero-order valence-electron chi connectivity index (χ0n) is 13.6. The third-order valence-corrected chi connectivity index (χ3v) is 6.15. The highest BCUT2D eigenvalue weighted by molar-refractivity contribution is 7.15. The Morgan fingerprint density at radius 1 is 1.18 bits per heavy atom. The molecule has 1 saturated carbocycles. The topological polar surface area (TPSA) is 49.3 Å². The van der Waals surface area contributed by atoms with Crippen LogP contribution in [-0.2, 0) is 0 Å². The molecule has 0 spiro atoms. The van der Waals surface area contributed by atoms with Gasteiger partial charge >= 0.3 is 6.03 Å². The van der Waals surface area contributed by atoms with Crippen molar-refractivity contribution in [1.82, 2.24) is 15.1 Å². The first-order valence-corrected chi connectivity index (χ1v) is 9.36. The van der Waals surface area contributed by atoms with E-state index in [9.17, 15) is 4.79 Å². The lowest BCUT2D eigenvalue weighted by atomic mass is 9.80. The van der Waals surface area contributed by atoms with Crippen molar-refractivity contribution in [3.8, 4) is 0 Å². The summed E-state index contributed by atoms with van der Waals surface area (Å²) in [6, 6.07) is 0.0472. The molecule has 2 heterocycles. The van der Waals surface area contributed by atoms with Crippen LogP contribution in [0.15, 0.2) is 0 Å². The van der Waals surface area contributed by atoms with E-state index in [-0.39, 0.29) is 6.03 Å². The lowest BCUT2D eigenvalue weighted by Crippen LogP contribution is -2.29. The van der Waals surface area contributed by atoms with Crippen LogP contribution in [0.4, 0.5) is 9.93 Å². The molecule has 0 aromatic carbocycles. The molecular weight excluding hydrogens is 296 g/mol. The largest absolute Gasteiger partial charge is 0.326 e. The molecule has 5 nitrogen and oxygen atoms in total. The number of urea groups is 1. The molecule has 1 aliphatic carbocycles. The van der Waals surface area contributed by atoms with Crippen molar-refractivity contribution in [2.24, 2.45) is 5.92 Å². The van der Waals surface area contributed by atoms with Gasteiger partial charge in [0.15, 0.2) is 0 Å². The molecule has 2 fully saturated rings. The van der Waals surface area contributed by atoms with Gasteiger partial charge in [0.25, 0.3) is 0 Å². The number of unbranched alkanes of at least 4 members (excludes halogenated alkanes) is 1. The maximum absolute atomic E-state index is 12.0. The summed E-state index contributed by atoms with van der Waals surface area (Å²) in [5, 5.41) is 10.6. The van der Waals surface area contributed by atoms with Crippen LogP contribution in [0.5, 0.6) is 0 Å². The molecule has 0 radical (unpaired) electrons. The summed E-state index contributed by atoms with van der Waals surface area (Å²) in [6.45, 7) is 3.77. The summed E-state index contributed by atoms with van der Waals surface area (Å²) in [7, 11) is 1.84. The normalized spacial score (nSPS) is 26.0. The molecule has 3 rings (SSSR count). The van der Waals surface area contributed by atoms with Crippen LogP contribution in [-0.4, -0.2) is 41.3 Å². The average molecular weight is 322 g/mol. The summed E-state index contributed by atoms with van der Waals surface area (Å²) in [5.74, 6) is 1.47. The molecule has 0 atom stereocenters. The van der Waals surface area contributed by atoms with Gasteiger partial charge < -0.3 is 4.90 Å². The number of nitrogens with zero attached hydrogens (tertiary/aromatic N) is 4. The van der Waals surface area contributed by atoms with Gasteiger partial charge in [0.05, 0.1) is 0 Å². The van der Waals surface area contributed by atoms with Crippen LogP contribution in [0.1, 0.15) is 62.8 Å². The second-order valence-electron chi connectivity index (χ2n) is 6.64. The highest BCUT2D eigenvalue weighted by Gasteiger charge is 2.31. The number of amides is 2. The van der Waals surface area contributed by atoms with Gasteiger partial charge in [-0.05, 0) is 31.6 Å². The van der Waals surface area contributed by atoms with E-state index in [0.717, 1.165) is 29.1 Å². The van der Waals surface area contributed by atoms with E-state index < -0.39 is 0 Å². The van der Waals surface area contributed by atoms with Gasteiger partial charge in [0.2, 0.25) is 5.13 Å². The van der Waals surface area contributed by atoms with Crippen LogP contribution in [0.2, 0.25) is 0 Å². The standard InChI is InChI=1S/C16H26N4OS/c1-3-4-5-12-6-8-13(9-7-12)14-17-18-15(22-14)20-11-10-19(2)16(20)21/h12-13H,3-11H2,1-2H3. The van der Waals surface area contributed by atoms with Crippen molar-refractivity contribution in [3.05, 3.63) is 5.01 Å². The number of hydrogen-bond donors (Lipinski definition) is 0. The van der Waals surface area contributed by atoms with Crippen molar-refractivity contribution in [1.29, 1.82) is 0 Å². The van der Waals surface area contributed by atoms with Crippen LogP contribution in [0.3, 0.4) is 0 Å². The number of likely N-dealkylation sites (N-methyl/N-ethyl adjacent to an activating group) is 1. The number of carbonyl (C=O) groups excluding carboxylic acids is 1. The van der Waals surface area contributed by atoms with Crippen molar-refractivity contribution in [3.63, 3.8) is 0 Å². The summed E-state index contributed by atoms with van der Waals surface area (Å²) in [4.78, 5) is 15.5. The molecule has 1 saturated heterocycles. The second-order valence-corrected chi connectivity index (χ2v) is 7.63. The Hall–Kier alpha value is -1.17. The number of rotatable bonds is 5. The first-order valence-electron chi connectivity index (χ1n) is 8.55. The minimum absolute atomic E-state index is 0.0472. The van der Waals surface area contributed by atoms with Gasteiger partial charge in [0, 0.05) is 26.1 Å². The quantitative estimate of drug-likeness (QED) is 0.826. The Balaban J connectivity index is 1.57. The summed E-state index contributed by atoms with van der Waals surface area (Å²) >= 11 is 1.62. The Morgan fingerprint density at radius 2 is 1.95 bits per heavy atom. The first kappa shape index (κ1) is 15.7. The minimum atomic E-state index is 0.0472. The molecule has 1 aromatic rings. The fraction of sp³-hybridized carbons (Fsp3) is 0.812. The Kier molecular flexibility index (Phi) is 4.96. The predicted octanol–water partition coefficient (Wildman–Crippen LogP) is 3.87. The van der Waals surface area contributed by atoms with Crippen molar-refractivity contribution >= 4 is 22.5 Å². The van der Waals surface area contributed by atoms with Crippen molar-refractivity contribution in [2.45, 2.75) is 57.8 Å². The Labute approximate surface area is 136 Å². The van der Waals surface area contributed by atoms with E-state index in [4.69, 9.17) is 0 Å². The van der Waals surface area contributed by atoms with Gasteiger partial charge in [0.1, 0.15) is 5.01 Å². The third-order valence-electron chi connectivity index (χ3n) is 5.04. The molecule has 2 amide bonds. The fourth-order valence-electron chi connectivity index (χ4n) is 3.52. The van der Waals surface area contributed by atoms with Gasteiger partial charge in [-0.25, -0.2) is 4.79 Å². The van der Waals surface area contributed by atoms with E-state index in [1.165, 1.54) is 44.9 Å². The fourth-order valence-corrected chi connectivity index (χ4v) is 4.55. The second kappa shape index (κ2) is 6.94. The predicted molar refractivity (Wildman–Crippen MR) is 89.5 cm³/mol. The monoisotopic (exact) mass is 322 g/mol. The average Bonchev–Trinajstić information content (AvgIpc) is 3.14. The van der Waals surface area contributed by atoms with Crippen LogP contribution in [0.25, 0.3) is 0 Å². The van der Waals surface area contributed by atoms with Crippen molar-refractivity contribution in [2.75, 3.05) is 25.0 Å². The maximum Gasteiger partial charge on any atom is 0.326 e. The zero-order valence-corrected chi connectivity index (χ0v) is 14.4. The van der Waals surface area contributed by atoms with Crippen molar-refractivity contribution < 1.29 is 4.79 Å². The van der Waals surface area contributed by atoms with Crippen LogP contribution < -0.4 is 4.90 Å². The van der Waals surface area contributed by atoms with E-state index >= 15 is 0 Å². The van der Waals surface area contributed by atoms with E-state index in [2.05, 4.69) is 17.1 Å². The molecule has 2 aliphatic rings. The number of carbonyl (C=O) groups is 1. The Bertz CT molecular complexity index is 510. The number of aromatic nitrogens is 2. The molecule has 22 heavy (non-hydrogen) atoms. The lowest BCUT2D eigenvalue weighted by Gasteiger charge is -2.26. The van der Waals surface area contributed by atoms with E-state index in [0.29, 0.717) is 5.92 Å². The molecular formula is C16H26N4OS. The van der Waals surface area contributed by atoms with Crippen LogP contribution in [0, 0.1) is 5.92 Å². The molecule has 1 aromatic heterocycles. The summed E-state index contributed by atoms with van der Waals surface area (Å²) < 4.78 is 0. The highest BCUT2D eigenvalue weighted by atomic mass is 32.1. The molecule has 6 heteroatoms. The number of anilines is 1. The van der Waals surface area contributed by atoms with Gasteiger partial charge in [-0.1, -0.05) is 37.5 Å². The van der Waals surface area contributed by atoms with E-state index in [1.54, 1.807) is 21.1 Å². The summed E-state index contributed by atoms with van der Waals surface area (Å²) in [6.07, 6.45) is 9.17. The van der Waals surface area contributed by atoms with Gasteiger partial charge in [-0.15, -0.1) is 10.2 Å². The lowest BCUT2D eigenvalue weighted by molar-refractivity contribution is 0.229. The van der Waals surface area contributed by atoms with Gasteiger partial charge in [-0.3, -0.25) is 4.90 Å². The Morgan fingerprint density at radius 3 is 2.59 bits per heavy atom. The molecule has 0 bridgehead atoms.